The third kappa shape index (κ3) is 29.8. The molecule has 0 amide bonds. The molecule has 0 saturated carbocycles. The van der Waals surface area contributed by atoms with Crippen LogP contribution in [0, 0.1) is 0 Å². The van der Waals surface area contributed by atoms with Crippen molar-refractivity contribution in [3.05, 3.63) is 0 Å². The number of hydrogen-bond acceptors (Lipinski definition) is 2. The van der Waals surface area contributed by atoms with Crippen molar-refractivity contribution in [1.82, 2.24) is 0 Å². The molecule has 0 spiro atoms. The van der Waals surface area contributed by atoms with E-state index in [-0.39, 0.29) is 17.1 Å². The maximum atomic E-state index is 11.7. The Kier molecular flexibility index (Phi) is 17.7. The Morgan fingerprint density at radius 2 is 1.64 bits per heavy atom. The van der Waals surface area contributed by atoms with E-state index in [1.54, 1.807) is 0 Å². The second-order valence-corrected chi connectivity index (χ2v) is 3.18. The fraction of sp³-hybridized carbons (Fsp3) is 0.800. The Morgan fingerprint density at radius 3 is 1.86 bits per heavy atom. The first-order chi connectivity index (χ1) is 5.97. The Bertz CT molecular complexity index is 133. The minimum absolute atomic E-state index is 0. The van der Waals surface area contributed by atoms with E-state index in [0.717, 1.165) is 26.7 Å². The van der Waals surface area contributed by atoms with Gasteiger partial charge in [0.1, 0.15) is 0 Å². The molecule has 0 fully saturated rings. The molecule has 0 aliphatic carbocycles. The van der Waals surface area contributed by atoms with Crippen molar-refractivity contribution in [2.24, 2.45) is 0 Å². The fourth-order valence-corrected chi connectivity index (χ4v) is 0.447. The summed E-state index contributed by atoms with van der Waals surface area (Å²) in [5.41, 5.74) is -1.76. The Balaban J connectivity index is -0.000000163. The standard InChI is InChI=1S/C6H11O.C4H6FO.Cu/c1-2-3-4-5-6-7;1-4(2,5)3-6;/h2-5H2,1H3;1-2H3;/q2*-1;+2. The van der Waals surface area contributed by atoms with Gasteiger partial charge in [0.05, 0.1) is 0 Å². The van der Waals surface area contributed by atoms with Crippen molar-refractivity contribution in [2.45, 2.75) is 52.1 Å². The van der Waals surface area contributed by atoms with Crippen molar-refractivity contribution in [2.75, 3.05) is 0 Å². The van der Waals surface area contributed by atoms with Gasteiger partial charge in [-0.05, 0) is 0 Å². The van der Waals surface area contributed by atoms with Crippen LogP contribution < -0.4 is 0 Å². The molecule has 0 aliphatic rings. The largest absolute Gasteiger partial charge is 2.00 e. The summed E-state index contributed by atoms with van der Waals surface area (Å²) in [4.78, 5) is 18.9. The van der Waals surface area contributed by atoms with Crippen molar-refractivity contribution in [3.63, 3.8) is 0 Å². The number of rotatable bonds is 5. The SMILES string of the molecule is CC(C)(F)[C-]=O.CCCCC[C-]=O.[Cu+2]. The smallest absolute Gasteiger partial charge is 0.542 e. The quantitative estimate of drug-likeness (QED) is 0.428. The first-order valence-corrected chi connectivity index (χ1v) is 4.41. The van der Waals surface area contributed by atoms with Gasteiger partial charge in [0.15, 0.2) is 0 Å². The summed E-state index contributed by atoms with van der Waals surface area (Å²) in [6, 6.07) is 0. The number of hydrogen-bond donors (Lipinski definition) is 0. The fourth-order valence-electron chi connectivity index (χ4n) is 0.447. The van der Waals surface area contributed by atoms with Gasteiger partial charge in [-0.15, -0.1) is 0 Å². The molecule has 2 nitrogen and oxygen atoms in total. The molecule has 0 saturated heterocycles. The third-order valence-electron chi connectivity index (χ3n) is 1.13. The van der Waals surface area contributed by atoms with E-state index in [9.17, 15) is 14.0 Å². The van der Waals surface area contributed by atoms with Crippen LogP contribution in [0.1, 0.15) is 46.5 Å². The Labute approximate surface area is 96.1 Å². The van der Waals surface area contributed by atoms with Crippen LogP contribution in [0.5, 0.6) is 0 Å². The minimum Gasteiger partial charge on any atom is -0.542 e. The predicted molar refractivity (Wildman–Crippen MR) is 50.7 cm³/mol. The first-order valence-electron chi connectivity index (χ1n) is 4.41. The average molecular weight is 252 g/mol. The van der Waals surface area contributed by atoms with E-state index in [2.05, 4.69) is 6.92 Å². The maximum absolute atomic E-state index is 11.7. The van der Waals surface area contributed by atoms with Gasteiger partial charge < -0.3 is 9.59 Å². The summed E-state index contributed by atoms with van der Waals surface area (Å²) in [6.45, 7) is 4.42. The van der Waals surface area contributed by atoms with E-state index >= 15 is 0 Å². The van der Waals surface area contributed by atoms with Gasteiger partial charge in [-0.2, -0.15) is 6.42 Å². The molecule has 0 bridgehead atoms. The zero-order chi connectivity index (χ0) is 10.7. The molecule has 4 heteroatoms. The topological polar surface area (TPSA) is 34.1 Å². The van der Waals surface area contributed by atoms with Gasteiger partial charge in [-0.3, -0.25) is 10.7 Å². The monoisotopic (exact) mass is 251 g/mol. The number of halogens is 1. The van der Waals surface area contributed by atoms with Gasteiger partial charge in [-0.25, -0.2) is 6.29 Å². The Hall–Kier alpha value is -0.211. The third-order valence-corrected chi connectivity index (χ3v) is 1.13. The molecule has 14 heavy (non-hydrogen) atoms. The zero-order valence-electron chi connectivity index (χ0n) is 8.82. The molecule has 0 aromatic carbocycles. The number of alkyl halides is 1. The molecule has 0 aliphatic heterocycles. The normalized spacial score (nSPS) is 9.14. The second-order valence-electron chi connectivity index (χ2n) is 3.18. The Morgan fingerprint density at radius 1 is 1.21 bits per heavy atom. The molecule has 0 rings (SSSR count). The molecular weight excluding hydrogens is 235 g/mol. The summed E-state index contributed by atoms with van der Waals surface area (Å²) in [5.74, 6) is 0. The zero-order valence-corrected chi connectivity index (χ0v) is 9.77. The maximum Gasteiger partial charge on any atom is 2.00 e. The first kappa shape index (κ1) is 19.4. The van der Waals surface area contributed by atoms with Crippen LogP contribution in [0.25, 0.3) is 0 Å². The molecule has 87 valence electrons. The van der Waals surface area contributed by atoms with Crippen molar-refractivity contribution >= 4 is 12.6 Å². The molecule has 0 atom stereocenters. The molecule has 1 radical (unpaired) electrons. The number of carbonyl (C=O) groups excluding carboxylic acids is 2. The van der Waals surface area contributed by atoms with Crippen molar-refractivity contribution < 1.29 is 31.0 Å². The van der Waals surface area contributed by atoms with E-state index in [1.165, 1.54) is 12.7 Å². The minimum atomic E-state index is -1.76. The molecule has 0 aromatic rings. The number of unbranched alkanes of at least 4 members (excludes halogenated alkanes) is 3. The molecule has 0 N–H and O–H groups in total. The van der Waals surface area contributed by atoms with Gasteiger partial charge in [-0.1, -0.05) is 40.0 Å². The summed E-state index contributed by atoms with van der Waals surface area (Å²) < 4.78 is 11.7. The molecular formula is C10H17CuFO2. The van der Waals surface area contributed by atoms with Crippen LogP contribution in [0.3, 0.4) is 0 Å². The van der Waals surface area contributed by atoms with Crippen LogP contribution >= 0.6 is 0 Å². The van der Waals surface area contributed by atoms with E-state index in [1.807, 2.05) is 6.29 Å². The van der Waals surface area contributed by atoms with Gasteiger partial charge in [0.2, 0.25) is 0 Å². The molecule has 0 unspecified atom stereocenters. The van der Waals surface area contributed by atoms with Crippen LogP contribution in [0.2, 0.25) is 0 Å². The van der Waals surface area contributed by atoms with Crippen molar-refractivity contribution in [1.29, 1.82) is 0 Å². The van der Waals surface area contributed by atoms with Gasteiger partial charge >= 0.3 is 17.1 Å². The average Bonchev–Trinajstić information content (AvgIpc) is 2.06. The van der Waals surface area contributed by atoms with Crippen LogP contribution in [-0.2, 0) is 26.7 Å². The van der Waals surface area contributed by atoms with Crippen molar-refractivity contribution in [3.8, 4) is 0 Å². The van der Waals surface area contributed by atoms with Crippen LogP contribution in [0.4, 0.5) is 4.39 Å². The van der Waals surface area contributed by atoms with Gasteiger partial charge in [0.25, 0.3) is 0 Å². The predicted octanol–water partition coefficient (Wildman–Crippen LogP) is 2.52. The van der Waals surface area contributed by atoms with Crippen LogP contribution in [-0.4, -0.2) is 18.2 Å². The van der Waals surface area contributed by atoms with Crippen LogP contribution in [0.15, 0.2) is 0 Å². The summed E-state index contributed by atoms with van der Waals surface area (Å²) >= 11 is 0. The second kappa shape index (κ2) is 12.8. The molecule has 0 heterocycles. The summed E-state index contributed by atoms with van der Waals surface area (Å²) in [7, 11) is 0. The van der Waals surface area contributed by atoms with E-state index in [4.69, 9.17) is 0 Å². The van der Waals surface area contributed by atoms with Gasteiger partial charge in [0, 0.05) is 5.67 Å². The molecule has 0 aromatic heterocycles. The summed E-state index contributed by atoms with van der Waals surface area (Å²) in [5, 5.41) is 0. The van der Waals surface area contributed by atoms with E-state index < -0.39 is 5.67 Å². The van der Waals surface area contributed by atoms with E-state index in [0.29, 0.717) is 6.42 Å². The summed E-state index contributed by atoms with van der Waals surface area (Å²) in [6.07, 6.45) is 7.02.